The number of hydrogen-bond acceptors (Lipinski definition) is 4. The Morgan fingerprint density at radius 1 is 1.00 bits per heavy atom. The second-order valence-corrected chi connectivity index (χ2v) is 5.73. The lowest BCUT2D eigenvalue weighted by molar-refractivity contribution is -0.137. The van der Waals surface area contributed by atoms with Crippen LogP contribution in [-0.4, -0.2) is 12.1 Å². The molecule has 0 amide bonds. The van der Waals surface area contributed by atoms with Gasteiger partial charge in [-0.05, 0) is 48.0 Å². The van der Waals surface area contributed by atoms with Crippen LogP contribution in [0.5, 0.6) is 5.75 Å². The molecule has 1 heterocycles. The molecule has 2 N–H and O–H groups in total. The number of hydrogen-bond donors (Lipinski definition) is 1. The Morgan fingerprint density at radius 2 is 1.59 bits per heavy atom. The minimum Gasteiger partial charge on any atom is -0.497 e. The average Bonchev–Trinajstić information content (AvgIpc) is 2.67. The molecule has 0 aliphatic carbocycles. The van der Waals surface area contributed by atoms with Gasteiger partial charge in [0.05, 0.1) is 18.4 Å². The molecule has 4 nitrogen and oxygen atoms in total. The van der Waals surface area contributed by atoms with E-state index in [9.17, 15) is 18.4 Å². The summed E-state index contributed by atoms with van der Waals surface area (Å²) in [5, 5.41) is 9.41. The molecule has 0 bridgehead atoms. The molecule has 27 heavy (non-hydrogen) atoms. The van der Waals surface area contributed by atoms with Crippen molar-refractivity contribution >= 4 is 5.82 Å². The number of aromatic nitrogens is 1. The minimum absolute atomic E-state index is 0.0146. The van der Waals surface area contributed by atoms with Crippen molar-refractivity contribution in [3.63, 3.8) is 0 Å². The maximum Gasteiger partial charge on any atom is 0.416 e. The number of nitrogens with two attached hydrogens (primary N) is 1. The van der Waals surface area contributed by atoms with E-state index in [2.05, 4.69) is 4.98 Å². The van der Waals surface area contributed by atoms with E-state index in [0.717, 1.165) is 17.7 Å². The van der Waals surface area contributed by atoms with Crippen molar-refractivity contribution in [1.29, 1.82) is 5.26 Å². The first-order valence-electron chi connectivity index (χ1n) is 7.86. The lowest BCUT2D eigenvalue weighted by atomic mass is 9.97. The zero-order valence-electron chi connectivity index (χ0n) is 14.2. The number of anilines is 1. The van der Waals surface area contributed by atoms with Gasteiger partial charge in [-0.3, -0.25) is 0 Å². The molecular weight excluding hydrogens is 355 g/mol. The molecule has 2 aromatic carbocycles. The summed E-state index contributed by atoms with van der Waals surface area (Å²) in [4.78, 5) is 4.25. The van der Waals surface area contributed by atoms with E-state index in [1.54, 1.807) is 37.4 Å². The molecule has 0 saturated heterocycles. The molecule has 136 valence electrons. The van der Waals surface area contributed by atoms with Crippen LogP contribution in [0.15, 0.2) is 54.6 Å². The Morgan fingerprint density at radius 3 is 2.11 bits per heavy atom. The van der Waals surface area contributed by atoms with Gasteiger partial charge in [0.2, 0.25) is 0 Å². The van der Waals surface area contributed by atoms with Crippen LogP contribution < -0.4 is 10.5 Å². The van der Waals surface area contributed by atoms with E-state index in [0.29, 0.717) is 22.6 Å². The van der Waals surface area contributed by atoms with Gasteiger partial charge in [-0.25, -0.2) is 4.98 Å². The predicted molar refractivity (Wildman–Crippen MR) is 95.8 cm³/mol. The highest BCUT2D eigenvalue weighted by Crippen LogP contribution is 2.34. The molecule has 0 aliphatic heterocycles. The fraction of sp³-hybridized carbons (Fsp3) is 0.100. The molecule has 0 atom stereocenters. The maximum absolute atomic E-state index is 12.8. The van der Waals surface area contributed by atoms with Crippen LogP contribution in [0.1, 0.15) is 11.1 Å². The van der Waals surface area contributed by atoms with Gasteiger partial charge in [-0.15, -0.1) is 0 Å². The highest BCUT2D eigenvalue weighted by atomic mass is 19.4. The topological polar surface area (TPSA) is 71.9 Å². The SMILES string of the molecule is COc1ccc(-c2cc(-c3ccc(C(F)(F)F)cc3)c(C#N)c(N)n2)cc1. The van der Waals surface area contributed by atoms with Crippen molar-refractivity contribution in [2.45, 2.75) is 6.18 Å². The second kappa shape index (κ2) is 7.00. The van der Waals surface area contributed by atoms with Crippen LogP contribution in [0.2, 0.25) is 0 Å². The Bertz CT molecular complexity index is 1000. The van der Waals surface area contributed by atoms with Gasteiger partial charge in [0, 0.05) is 11.1 Å². The predicted octanol–water partition coefficient (Wildman–Crippen LogP) is 4.90. The minimum atomic E-state index is -4.43. The monoisotopic (exact) mass is 369 g/mol. The highest BCUT2D eigenvalue weighted by molar-refractivity contribution is 5.80. The number of nitrogens with zero attached hydrogens (tertiary/aromatic N) is 2. The standard InChI is InChI=1S/C20H14F3N3O/c1-27-15-8-4-13(5-9-15)18-10-16(17(11-24)19(25)26-18)12-2-6-14(7-3-12)20(21,22)23/h2-10H,1H3,(H2,25,26). The number of methoxy groups -OCH3 is 1. The maximum atomic E-state index is 12.8. The van der Waals surface area contributed by atoms with Crippen LogP contribution in [0.25, 0.3) is 22.4 Å². The van der Waals surface area contributed by atoms with E-state index in [-0.39, 0.29) is 11.4 Å². The summed E-state index contributed by atoms with van der Waals surface area (Å²) in [7, 11) is 1.55. The van der Waals surface area contributed by atoms with Crippen molar-refractivity contribution in [2.24, 2.45) is 0 Å². The molecular formula is C20H14F3N3O. The lowest BCUT2D eigenvalue weighted by Crippen LogP contribution is -2.04. The number of nitrogen functional groups attached to an aromatic ring is 1. The number of nitriles is 1. The number of rotatable bonds is 3. The Kier molecular flexibility index (Phi) is 4.74. The van der Waals surface area contributed by atoms with Crippen molar-refractivity contribution in [3.05, 3.63) is 65.7 Å². The fourth-order valence-corrected chi connectivity index (χ4v) is 2.66. The average molecular weight is 369 g/mol. The summed E-state index contributed by atoms with van der Waals surface area (Å²) < 4.78 is 43.5. The fourth-order valence-electron chi connectivity index (χ4n) is 2.66. The molecule has 0 saturated carbocycles. The van der Waals surface area contributed by atoms with Gasteiger partial charge in [0.1, 0.15) is 23.2 Å². The third-order valence-corrected chi connectivity index (χ3v) is 4.07. The molecule has 0 unspecified atom stereocenters. The summed E-state index contributed by atoms with van der Waals surface area (Å²) in [5.41, 5.74) is 7.39. The van der Waals surface area contributed by atoms with Gasteiger partial charge in [-0.2, -0.15) is 18.4 Å². The van der Waals surface area contributed by atoms with Gasteiger partial charge in [0.25, 0.3) is 0 Å². The van der Waals surface area contributed by atoms with Crippen molar-refractivity contribution < 1.29 is 17.9 Å². The molecule has 1 aromatic heterocycles. The normalized spacial score (nSPS) is 11.1. The first-order chi connectivity index (χ1) is 12.8. The first-order valence-corrected chi connectivity index (χ1v) is 7.86. The van der Waals surface area contributed by atoms with Crippen molar-refractivity contribution in [1.82, 2.24) is 4.98 Å². The molecule has 0 aliphatic rings. The first kappa shape index (κ1) is 18.3. The quantitative estimate of drug-likeness (QED) is 0.713. The summed E-state index contributed by atoms with van der Waals surface area (Å²) >= 11 is 0. The zero-order chi connectivity index (χ0) is 19.6. The molecule has 0 spiro atoms. The summed E-state index contributed by atoms with van der Waals surface area (Å²) in [6.07, 6.45) is -4.43. The van der Waals surface area contributed by atoms with E-state index >= 15 is 0 Å². The number of pyridine rings is 1. The Balaban J connectivity index is 2.11. The van der Waals surface area contributed by atoms with Gasteiger partial charge in [0.15, 0.2) is 0 Å². The van der Waals surface area contributed by atoms with Crippen LogP contribution in [-0.2, 0) is 6.18 Å². The van der Waals surface area contributed by atoms with E-state index in [4.69, 9.17) is 10.5 Å². The Hall–Kier alpha value is -3.53. The van der Waals surface area contributed by atoms with Crippen molar-refractivity contribution in [3.8, 4) is 34.2 Å². The molecule has 0 radical (unpaired) electrons. The van der Waals surface area contributed by atoms with Gasteiger partial charge < -0.3 is 10.5 Å². The van der Waals surface area contributed by atoms with Crippen LogP contribution in [0.3, 0.4) is 0 Å². The van der Waals surface area contributed by atoms with E-state index in [1.165, 1.54) is 12.1 Å². The lowest BCUT2D eigenvalue weighted by Gasteiger charge is -2.12. The highest BCUT2D eigenvalue weighted by Gasteiger charge is 2.30. The molecule has 3 rings (SSSR count). The van der Waals surface area contributed by atoms with Gasteiger partial charge >= 0.3 is 6.18 Å². The van der Waals surface area contributed by atoms with Crippen LogP contribution in [0, 0.1) is 11.3 Å². The van der Waals surface area contributed by atoms with Gasteiger partial charge in [-0.1, -0.05) is 12.1 Å². The van der Waals surface area contributed by atoms with E-state index < -0.39 is 11.7 Å². The molecule has 7 heteroatoms. The number of halogens is 3. The van der Waals surface area contributed by atoms with E-state index in [1.807, 2.05) is 6.07 Å². The Labute approximate surface area is 153 Å². The second-order valence-electron chi connectivity index (χ2n) is 5.73. The number of alkyl halides is 3. The van der Waals surface area contributed by atoms with Crippen molar-refractivity contribution in [2.75, 3.05) is 12.8 Å². The molecule has 0 fully saturated rings. The summed E-state index contributed by atoms with van der Waals surface area (Å²) in [5.74, 6) is 0.684. The summed E-state index contributed by atoms with van der Waals surface area (Å²) in [6.45, 7) is 0. The summed E-state index contributed by atoms with van der Waals surface area (Å²) in [6, 6.07) is 15.3. The number of benzene rings is 2. The smallest absolute Gasteiger partial charge is 0.416 e. The number of ether oxygens (including phenoxy) is 1. The van der Waals surface area contributed by atoms with Crippen LogP contribution >= 0.6 is 0 Å². The zero-order valence-corrected chi connectivity index (χ0v) is 14.2. The molecule has 3 aromatic rings. The largest absolute Gasteiger partial charge is 0.497 e. The third-order valence-electron chi connectivity index (χ3n) is 4.07. The third kappa shape index (κ3) is 3.70. The van der Waals surface area contributed by atoms with Crippen LogP contribution in [0.4, 0.5) is 19.0 Å².